The Morgan fingerprint density at radius 1 is 1.33 bits per heavy atom. The number of aliphatic hydroxyl groups excluding tert-OH is 1. The summed E-state index contributed by atoms with van der Waals surface area (Å²) in [6.45, 7) is 1.89. The van der Waals surface area contributed by atoms with Crippen LogP contribution in [0.25, 0.3) is 0 Å². The molecule has 1 rings (SSSR count). The number of rotatable bonds is 2. The zero-order valence-corrected chi connectivity index (χ0v) is 8.45. The second-order valence-electron chi connectivity index (χ2n) is 2.52. The Bertz CT molecular complexity index is 264. The molecule has 0 radical (unpaired) electrons. The predicted molar refractivity (Wildman–Crippen MR) is 53.9 cm³/mol. The molecule has 12 heavy (non-hydrogen) atoms. The van der Waals surface area contributed by atoms with E-state index in [0.29, 0.717) is 0 Å². The third-order valence-corrected chi connectivity index (χ3v) is 2.11. The van der Waals surface area contributed by atoms with Gasteiger partial charge in [-0.25, -0.2) is 0 Å². The van der Waals surface area contributed by atoms with Crippen molar-refractivity contribution in [2.24, 2.45) is 0 Å². The Balaban J connectivity index is 2.82. The fraction of sp³-hybridized carbons (Fsp3) is 0.200. The third kappa shape index (κ3) is 2.47. The zero-order chi connectivity index (χ0) is 8.97. The van der Waals surface area contributed by atoms with Crippen LogP contribution in [0.15, 0.2) is 40.9 Å². The fourth-order valence-electron chi connectivity index (χ4n) is 0.953. The van der Waals surface area contributed by atoms with Crippen molar-refractivity contribution < 1.29 is 5.11 Å². The van der Waals surface area contributed by atoms with E-state index in [1.165, 1.54) is 0 Å². The first-order valence-corrected chi connectivity index (χ1v) is 4.59. The van der Waals surface area contributed by atoms with E-state index >= 15 is 0 Å². The van der Waals surface area contributed by atoms with Crippen molar-refractivity contribution in [2.45, 2.75) is 13.0 Å². The lowest BCUT2D eigenvalue weighted by atomic mass is 10.1. The van der Waals surface area contributed by atoms with Crippen LogP contribution in [0.5, 0.6) is 0 Å². The largest absolute Gasteiger partial charge is 0.384 e. The van der Waals surface area contributed by atoms with E-state index < -0.39 is 6.10 Å². The van der Waals surface area contributed by atoms with Gasteiger partial charge in [0.15, 0.2) is 0 Å². The van der Waals surface area contributed by atoms with Crippen LogP contribution in [0.3, 0.4) is 0 Å². The van der Waals surface area contributed by atoms with Crippen LogP contribution < -0.4 is 0 Å². The Morgan fingerprint density at radius 2 is 1.92 bits per heavy atom. The Hall–Kier alpha value is -0.600. The second-order valence-corrected chi connectivity index (χ2v) is 3.44. The number of allylic oxidation sites excluding steroid dienone is 1. The van der Waals surface area contributed by atoms with Gasteiger partial charge in [0.1, 0.15) is 0 Å². The van der Waals surface area contributed by atoms with E-state index in [1.54, 1.807) is 6.08 Å². The molecular formula is C10H11BrO. The third-order valence-electron chi connectivity index (χ3n) is 1.59. The Kier molecular flexibility index (Phi) is 3.50. The van der Waals surface area contributed by atoms with Crippen LogP contribution in [0.1, 0.15) is 18.6 Å². The van der Waals surface area contributed by atoms with E-state index in [4.69, 9.17) is 0 Å². The molecule has 0 aliphatic rings. The lowest BCUT2D eigenvalue weighted by Gasteiger charge is -2.04. The van der Waals surface area contributed by atoms with E-state index in [-0.39, 0.29) is 0 Å². The lowest BCUT2D eigenvalue weighted by Crippen LogP contribution is -1.91. The molecule has 0 saturated carbocycles. The van der Waals surface area contributed by atoms with Gasteiger partial charge in [-0.3, -0.25) is 0 Å². The first-order valence-electron chi connectivity index (χ1n) is 3.80. The van der Waals surface area contributed by atoms with Crippen molar-refractivity contribution in [3.8, 4) is 0 Å². The number of halogens is 1. The number of benzene rings is 1. The number of hydrogen-bond acceptors (Lipinski definition) is 1. The van der Waals surface area contributed by atoms with Crippen LogP contribution in [-0.2, 0) is 0 Å². The maximum Gasteiger partial charge on any atom is 0.0971 e. The lowest BCUT2D eigenvalue weighted by molar-refractivity contribution is 0.228. The average Bonchev–Trinajstić information content (AvgIpc) is 2.06. The van der Waals surface area contributed by atoms with Crippen LogP contribution >= 0.6 is 15.9 Å². The van der Waals surface area contributed by atoms with Gasteiger partial charge in [-0.05, 0) is 24.6 Å². The summed E-state index contributed by atoms with van der Waals surface area (Å²) in [6.07, 6.45) is 3.11. The van der Waals surface area contributed by atoms with Gasteiger partial charge in [-0.1, -0.05) is 40.2 Å². The summed E-state index contributed by atoms with van der Waals surface area (Å²) < 4.78 is 1.03. The fourth-order valence-corrected chi connectivity index (χ4v) is 1.22. The molecule has 1 N–H and O–H groups in total. The van der Waals surface area contributed by atoms with Crippen molar-refractivity contribution >= 4 is 15.9 Å². The molecule has 64 valence electrons. The van der Waals surface area contributed by atoms with Gasteiger partial charge < -0.3 is 5.11 Å². The summed E-state index contributed by atoms with van der Waals surface area (Å²) in [4.78, 5) is 0. The van der Waals surface area contributed by atoms with E-state index in [1.807, 2.05) is 37.3 Å². The molecule has 2 heteroatoms. The minimum Gasteiger partial charge on any atom is -0.384 e. The molecule has 0 bridgehead atoms. The van der Waals surface area contributed by atoms with Gasteiger partial charge in [0.25, 0.3) is 0 Å². The first kappa shape index (κ1) is 9.49. The summed E-state index contributed by atoms with van der Waals surface area (Å²) in [5.74, 6) is 0. The first-order chi connectivity index (χ1) is 5.74. The SMILES string of the molecule is C/C=C/C(O)c1ccc(Br)cc1. The molecule has 1 unspecified atom stereocenters. The van der Waals surface area contributed by atoms with E-state index in [2.05, 4.69) is 15.9 Å². The molecule has 1 nitrogen and oxygen atoms in total. The summed E-state index contributed by atoms with van der Waals surface area (Å²) in [7, 11) is 0. The molecule has 0 spiro atoms. The molecule has 0 heterocycles. The van der Waals surface area contributed by atoms with Gasteiger partial charge in [0, 0.05) is 4.47 Å². The standard InChI is InChI=1S/C10H11BrO/c1-2-3-10(12)8-4-6-9(11)7-5-8/h2-7,10,12H,1H3/b3-2+. The van der Waals surface area contributed by atoms with Crippen LogP contribution in [-0.4, -0.2) is 5.11 Å². The van der Waals surface area contributed by atoms with E-state index in [0.717, 1.165) is 10.0 Å². The molecule has 0 aromatic heterocycles. The molecule has 1 atom stereocenters. The van der Waals surface area contributed by atoms with Crippen LogP contribution in [0.2, 0.25) is 0 Å². The molecule has 0 fully saturated rings. The molecule has 0 aliphatic carbocycles. The summed E-state index contributed by atoms with van der Waals surface area (Å²) in [5, 5.41) is 9.51. The van der Waals surface area contributed by atoms with Crippen molar-refractivity contribution in [1.29, 1.82) is 0 Å². The maximum atomic E-state index is 9.51. The highest BCUT2D eigenvalue weighted by atomic mass is 79.9. The molecule has 0 amide bonds. The van der Waals surface area contributed by atoms with Crippen molar-refractivity contribution in [1.82, 2.24) is 0 Å². The minimum absolute atomic E-state index is 0.483. The van der Waals surface area contributed by atoms with Crippen molar-refractivity contribution in [3.05, 3.63) is 46.5 Å². The van der Waals surface area contributed by atoms with Crippen LogP contribution in [0, 0.1) is 0 Å². The molecule has 0 aliphatic heterocycles. The number of aliphatic hydroxyl groups is 1. The highest BCUT2D eigenvalue weighted by molar-refractivity contribution is 9.10. The average molecular weight is 227 g/mol. The van der Waals surface area contributed by atoms with Gasteiger partial charge in [-0.15, -0.1) is 0 Å². The van der Waals surface area contributed by atoms with Gasteiger partial charge in [0.2, 0.25) is 0 Å². The molecule has 1 aromatic rings. The van der Waals surface area contributed by atoms with Crippen molar-refractivity contribution in [3.63, 3.8) is 0 Å². The molecular weight excluding hydrogens is 216 g/mol. The summed E-state index contributed by atoms with van der Waals surface area (Å²) in [6, 6.07) is 7.63. The van der Waals surface area contributed by atoms with Gasteiger partial charge in [0.05, 0.1) is 6.10 Å². The highest BCUT2D eigenvalue weighted by Crippen LogP contribution is 2.17. The van der Waals surface area contributed by atoms with E-state index in [9.17, 15) is 5.11 Å². The summed E-state index contributed by atoms with van der Waals surface area (Å²) >= 11 is 3.33. The van der Waals surface area contributed by atoms with Crippen molar-refractivity contribution in [2.75, 3.05) is 0 Å². The molecule has 0 saturated heterocycles. The zero-order valence-electron chi connectivity index (χ0n) is 6.87. The topological polar surface area (TPSA) is 20.2 Å². The highest BCUT2D eigenvalue weighted by Gasteiger charge is 2.00. The van der Waals surface area contributed by atoms with Gasteiger partial charge in [-0.2, -0.15) is 0 Å². The second kappa shape index (κ2) is 4.43. The Labute approximate surface area is 80.9 Å². The molecule has 1 aromatic carbocycles. The maximum absolute atomic E-state index is 9.51. The number of hydrogen-bond donors (Lipinski definition) is 1. The monoisotopic (exact) mass is 226 g/mol. The normalized spacial score (nSPS) is 13.6. The smallest absolute Gasteiger partial charge is 0.0971 e. The quantitative estimate of drug-likeness (QED) is 0.770. The van der Waals surface area contributed by atoms with Crippen LogP contribution in [0.4, 0.5) is 0 Å². The minimum atomic E-state index is -0.483. The van der Waals surface area contributed by atoms with Gasteiger partial charge >= 0.3 is 0 Å². The predicted octanol–water partition coefficient (Wildman–Crippen LogP) is 3.06. The Morgan fingerprint density at radius 3 is 2.42 bits per heavy atom. The summed E-state index contributed by atoms with van der Waals surface area (Å²) in [5.41, 5.74) is 0.913.